The van der Waals surface area contributed by atoms with Crippen molar-refractivity contribution in [2.24, 2.45) is 0 Å². The van der Waals surface area contributed by atoms with E-state index in [2.05, 4.69) is 13.5 Å². The van der Waals surface area contributed by atoms with E-state index in [0.717, 1.165) is 16.6 Å². The van der Waals surface area contributed by atoms with Crippen molar-refractivity contribution < 1.29 is 8.42 Å². The molecule has 2 heterocycles. The highest BCUT2D eigenvalue weighted by Crippen LogP contribution is 2.21. The van der Waals surface area contributed by atoms with E-state index in [-0.39, 0.29) is 10.9 Å². The van der Waals surface area contributed by atoms with Crippen LogP contribution in [0.1, 0.15) is 11.8 Å². The van der Waals surface area contributed by atoms with Gasteiger partial charge in [0.25, 0.3) is 0 Å². The maximum atomic E-state index is 12.5. The monoisotopic (exact) mass is 339 g/mol. The first-order valence-corrected chi connectivity index (χ1v) is 9.41. The predicted molar refractivity (Wildman–Crippen MR) is 85.2 cm³/mol. The summed E-state index contributed by atoms with van der Waals surface area (Å²) >= 11 is 2.64. The second kappa shape index (κ2) is 5.80. The molecule has 8 heteroatoms. The van der Waals surface area contributed by atoms with Crippen LogP contribution >= 0.6 is 23.1 Å². The van der Waals surface area contributed by atoms with Crippen molar-refractivity contribution in [1.82, 2.24) is 13.5 Å². The van der Waals surface area contributed by atoms with Crippen LogP contribution in [0.15, 0.2) is 40.6 Å². The first-order chi connectivity index (χ1) is 10.1. The van der Waals surface area contributed by atoms with Gasteiger partial charge in [-0.05, 0) is 36.9 Å². The maximum absolute atomic E-state index is 12.5. The Morgan fingerprint density at radius 3 is 2.86 bits per heavy atom. The summed E-state index contributed by atoms with van der Waals surface area (Å²) < 4.78 is 35.9. The number of rotatable bonds is 5. The van der Waals surface area contributed by atoms with Gasteiger partial charge in [-0.2, -0.15) is 8.75 Å². The summed E-state index contributed by atoms with van der Waals surface area (Å²) in [5.41, 5.74) is 1.03. The van der Waals surface area contributed by atoms with Crippen LogP contribution in [0.2, 0.25) is 0 Å². The first-order valence-electron chi connectivity index (χ1n) is 6.32. The lowest BCUT2D eigenvalue weighted by Crippen LogP contribution is -2.34. The lowest BCUT2D eigenvalue weighted by atomic mass is 10.2. The van der Waals surface area contributed by atoms with E-state index in [9.17, 15) is 8.42 Å². The van der Waals surface area contributed by atoms with Gasteiger partial charge in [-0.15, -0.1) is 11.3 Å². The van der Waals surface area contributed by atoms with Gasteiger partial charge in [0.15, 0.2) is 0 Å². The smallest absolute Gasteiger partial charge is 0.208 e. The Morgan fingerprint density at radius 1 is 1.24 bits per heavy atom. The third kappa shape index (κ3) is 3.13. The van der Waals surface area contributed by atoms with Gasteiger partial charge in [-0.25, -0.2) is 13.1 Å². The molecular weight excluding hydrogens is 326 g/mol. The zero-order valence-corrected chi connectivity index (χ0v) is 13.6. The van der Waals surface area contributed by atoms with E-state index >= 15 is 0 Å². The third-order valence-electron chi connectivity index (χ3n) is 2.98. The van der Waals surface area contributed by atoms with Gasteiger partial charge in [0.1, 0.15) is 15.9 Å². The van der Waals surface area contributed by atoms with Gasteiger partial charge >= 0.3 is 0 Å². The fourth-order valence-corrected chi connectivity index (χ4v) is 4.94. The van der Waals surface area contributed by atoms with E-state index in [1.807, 2.05) is 24.4 Å². The summed E-state index contributed by atoms with van der Waals surface area (Å²) in [6.45, 7) is 1.86. The number of nitrogens with one attached hydrogen (secondary N) is 1. The fourth-order valence-electron chi connectivity index (χ4n) is 2.10. The Balaban J connectivity index is 1.85. The van der Waals surface area contributed by atoms with Crippen LogP contribution in [0.25, 0.3) is 11.0 Å². The van der Waals surface area contributed by atoms with E-state index in [0.29, 0.717) is 17.5 Å². The molecule has 1 aromatic carbocycles. The minimum atomic E-state index is -3.60. The molecule has 0 aliphatic rings. The second-order valence-electron chi connectivity index (χ2n) is 4.69. The molecule has 0 fully saturated rings. The molecule has 1 atom stereocenters. The Kier molecular flexibility index (Phi) is 4.03. The highest BCUT2D eigenvalue weighted by atomic mass is 32.2. The van der Waals surface area contributed by atoms with Crippen LogP contribution in [0.4, 0.5) is 0 Å². The minimum absolute atomic E-state index is 0.185. The Hall–Kier alpha value is -1.35. The highest BCUT2D eigenvalue weighted by molar-refractivity contribution is 7.89. The molecule has 0 bridgehead atoms. The zero-order chi connectivity index (χ0) is 14.9. The van der Waals surface area contributed by atoms with Gasteiger partial charge in [0, 0.05) is 10.9 Å². The van der Waals surface area contributed by atoms with E-state index in [1.165, 1.54) is 0 Å². The van der Waals surface area contributed by atoms with Gasteiger partial charge in [0.2, 0.25) is 10.0 Å². The molecule has 21 heavy (non-hydrogen) atoms. The van der Waals surface area contributed by atoms with E-state index in [4.69, 9.17) is 0 Å². The number of hydrogen-bond acceptors (Lipinski definition) is 6. The van der Waals surface area contributed by atoms with Crippen molar-refractivity contribution in [1.29, 1.82) is 0 Å². The summed E-state index contributed by atoms with van der Waals surface area (Å²) in [5, 5.41) is 1.98. The Bertz CT molecular complexity index is 841. The van der Waals surface area contributed by atoms with Crippen LogP contribution in [-0.4, -0.2) is 23.2 Å². The number of benzene rings is 1. The molecule has 0 amide bonds. The number of nitrogens with zero attached hydrogens (tertiary/aromatic N) is 2. The second-order valence-corrected chi connectivity index (χ2v) is 7.94. The molecule has 0 saturated carbocycles. The van der Waals surface area contributed by atoms with Gasteiger partial charge < -0.3 is 0 Å². The normalized spacial score (nSPS) is 13.6. The lowest BCUT2D eigenvalue weighted by molar-refractivity contribution is 0.561. The van der Waals surface area contributed by atoms with Crippen molar-refractivity contribution >= 4 is 44.1 Å². The molecular formula is C13H13N3O2S3. The number of hydrogen-bond donors (Lipinski definition) is 1. The van der Waals surface area contributed by atoms with Crippen LogP contribution in [0, 0.1) is 0 Å². The topological polar surface area (TPSA) is 72.0 Å². The summed E-state index contributed by atoms with van der Waals surface area (Å²) in [5.74, 6) is 0. The van der Waals surface area contributed by atoms with Crippen LogP contribution < -0.4 is 4.72 Å². The molecule has 0 unspecified atom stereocenters. The molecule has 1 N–H and O–H groups in total. The average Bonchev–Trinajstić information content (AvgIpc) is 3.07. The molecule has 3 rings (SSSR count). The summed E-state index contributed by atoms with van der Waals surface area (Å²) in [6.07, 6.45) is 0.669. The quantitative estimate of drug-likeness (QED) is 0.776. The molecule has 2 aromatic heterocycles. The van der Waals surface area contributed by atoms with Gasteiger partial charge in [0.05, 0.1) is 11.7 Å². The molecule has 110 valence electrons. The number of sulfonamides is 1. The summed E-state index contributed by atoms with van der Waals surface area (Å²) in [7, 11) is -3.60. The number of aromatic nitrogens is 2. The van der Waals surface area contributed by atoms with Crippen molar-refractivity contribution in [2.75, 3.05) is 0 Å². The van der Waals surface area contributed by atoms with Crippen LogP contribution in [0.5, 0.6) is 0 Å². The molecule has 3 aromatic rings. The van der Waals surface area contributed by atoms with Crippen molar-refractivity contribution in [3.63, 3.8) is 0 Å². The Morgan fingerprint density at radius 2 is 2.10 bits per heavy atom. The van der Waals surface area contributed by atoms with E-state index < -0.39 is 10.0 Å². The van der Waals surface area contributed by atoms with Gasteiger partial charge in [-0.1, -0.05) is 12.1 Å². The third-order valence-corrected chi connectivity index (χ3v) is 6.04. The van der Waals surface area contributed by atoms with Crippen molar-refractivity contribution in [3.05, 3.63) is 40.6 Å². The van der Waals surface area contributed by atoms with Crippen LogP contribution in [-0.2, 0) is 16.4 Å². The SMILES string of the molecule is C[C@@H](Cc1cccs1)NS(=O)(=O)c1cccc2nsnc12. The molecule has 5 nitrogen and oxygen atoms in total. The largest absolute Gasteiger partial charge is 0.243 e. The number of fused-ring (bicyclic) bond motifs is 1. The molecule has 0 radical (unpaired) electrons. The zero-order valence-electron chi connectivity index (χ0n) is 11.2. The molecule has 0 aliphatic heterocycles. The maximum Gasteiger partial charge on any atom is 0.243 e. The first kappa shape index (κ1) is 14.6. The fraction of sp³-hybridized carbons (Fsp3) is 0.231. The molecule has 0 spiro atoms. The van der Waals surface area contributed by atoms with Crippen molar-refractivity contribution in [3.8, 4) is 0 Å². The summed E-state index contributed by atoms with van der Waals surface area (Å²) in [6, 6.07) is 8.78. The predicted octanol–water partition coefficient (Wildman–Crippen LogP) is 2.66. The molecule has 0 saturated heterocycles. The van der Waals surface area contributed by atoms with Crippen molar-refractivity contribution in [2.45, 2.75) is 24.3 Å². The van der Waals surface area contributed by atoms with Crippen LogP contribution in [0.3, 0.4) is 0 Å². The minimum Gasteiger partial charge on any atom is -0.208 e. The Labute approximate surface area is 131 Å². The van der Waals surface area contributed by atoms with Gasteiger partial charge in [-0.3, -0.25) is 0 Å². The summed E-state index contributed by atoms with van der Waals surface area (Å²) in [4.78, 5) is 1.34. The van der Waals surface area contributed by atoms with E-state index in [1.54, 1.807) is 29.5 Å². The number of thiophene rings is 1. The highest BCUT2D eigenvalue weighted by Gasteiger charge is 2.21. The standard InChI is InChI=1S/C13H13N3O2S3/c1-9(8-10-4-3-7-19-10)16-21(17,18)12-6-2-5-11-13(12)15-20-14-11/h2-7,9,16H,8H2,1H3/t9-/m0/s1. The lowest BCUT2D eigenvalue weighted by Gasteiger charge is -2.13. The molecule has 0 aliphatic carbocycles. The average molecular weight is 339 g/mol.